The highest BCUT2D eigenvalue weighted by Crippen LogP contribution is 2.27. The summed E-state index contributed by atoms with van der Waals surface area (Å²) in [4.78, 5) is 29.0. The number of furan rings is 2. The fourth-order valence-corrected chi connectivity index (χ4v) is 2.74. The van der Waals surface area contributed by atoms with Crippen molar-refractivity contribution in [3.63, 3.8) is 0 Å². The number of nitrogens with one attached hydrogen (secondary N) is 4. The Morgan fingerprint density at radius 2 is 1.53 bits per heavy atom. The molecule has 3 aromatic rings. The van der Waals surface area contributed by atoms with Crippen LogP contribution >= 0.6 is 0 Å². The first-order chi connectivity index (χ1) is 15.4. The highest BCUT2D eigenvalue weighted by atomic mass is 16.3. The van der Waals surface area contributed by atoms with Gasteiger partial charge in [-0.2, -0.15) is 0 Å². The lowest BCUT2D eigenvalue weighted by molar-refractivity contribution is 0.0990. The van der Waals surface area contributed by atoms with Gasteiger partial charge in [0.25, 0.3) is 11.8 Å². The van der Waals surface area contributed by atoms with E-state index in [9.17, 15) is 9.59 Å². The maximum absolute atomic E-state index is 12.5. The van der Waals surface area contributed by atoms with Gasteiger partial charge in [-0.05, 0) is 56.3 Å². The minimum absolute atomic E-state index is 0.140. The Labute approximate surface area is 184 Å². The van der Waals surface area contributed by atoms with Crippen LogP contribution in [0.1, 0.15) is 35.0 Å². The van der Waals surface area contributed by atoms with Gasteiger partial charge in [-0.15, -0.1) is 0 Å². The second kappa shape index (κ2) is 10.0. The first-order valence-corrected chi connectivity index (χ1v) is 9.65. The molecule has 10 nitrogen and oxygen atoms in total. The lowest BCUT2D eigenvalue weighted by Crippen LogP contribution is -2.28. The van der Waals surface area contributed by atoms with Crippen molar-refractivity contribution in [2.75, 3.05) is 23.1 Å². The van der Waals surface area contributed by atoms with E-state index in [0.717, 1.165) is 0 Å². The van der Waals surface area contributed by atoms with Crippen molar-refractivity contribution in [3.8, 4) is 0 Å². The Hall–Kier alpha value is -4.47. The van der Waals surface area contributed by atoms with Gasteiger partial charge in [0, 0.05) is 18.4 Å². The SMILES string of the molecule is CN=C(C)C(NNc1ccc(NC(=O)c2ccco2)cc1NC(=O)c1ccco1)=C(C)N. The van der Waals surface area contributed by atoms with Gasteiger partial charge in [0.05, 0.1) is 35.3 Å². The molecule has 0 spiro atoms. The Balaban J connectivity index is 1.86. The van der Waals surface area contributed by atoms with Crippen LogP contribution in [-0.4, -0.2) is 24.6 Å². The number of nitrogens with two attached hydrogens (primary N) is 1. The summed E-state index contributed by atoms with van der Waals surface area (Å²) in [5.74, 6) is -0.570. The minimum atomic E-state index is -0.454. The van der Waals surface area contributed by atoms with Gasteiger partial charge in [-0.25, -0.2) is 0 Å². The fraction of sp³-hybridized carbons (Fsp3) is 0.136. The van der Waals surface area contributed by atoms with E-state index in [1.54, 1.807) is 56.4 Å². The summed E-state index contributed by atoms with van der Waals surface area (Å²) in [6.07, 6.45) is 2.82. The molecule has 1 aromatic carbocycles. The Kier molecular flexibility index (Phi) is 6.96. The van der Waals surface area contributed by atoms with Gasteiger partial charge in [0.15, 0.2) is 11.5 Å². The van der Waals surface area contributed by atoms with Gasteiger partial charge in [-0.1, -0.05) is 0 Å². The number of carbonyl (C=O) groups is 2. The van der Waals surface area contributed by atoms with E-state index >= 15 is 0 Å². The molecule has 2 amide bonds. The molecule has 0 fully saturated rings. The van der Waals surface area contributed by atoms with Crippen LogP contribution in [0.5, 0.6) is 0 Å². The van der Waals surface area contributed by atoms with Crippen molar-refractivity contribution in [1.29, 1.82) is 0 Å². The molecule has 2 heterocycles. The first kappa shape index (κ1) is 22.2. The van der Waals surface area contributed by atoms with Crippen LogP contribution in [0, 0.1) is 0 Å². The molecule has 0 saturated heterocycles. The van der Waals surface area contributed by atoms with Crippen molar-refractivity contribution in [1.82, 2.24) is 5.43 Å². The molecule has 0 aliphatic heterocycles. The van der Waals surface area contributed by atoms with Crippen molar-refractivity contribution in [3.05, 3.63) is 77.9 Å². The summed E-state index contributed by atoms with van der Waals surface area (Å²) >= 11 is 0. The maximum atomic E-state index is 12.5. The third-order valence-electron chi connectivity index (χ3n) is 4.43. The van der Waals surface area contributed by atoms with Gasteiger partial charge < -0.3 is 25.2 Å². The summed E-state index contributed by atoms with van der Waals surface area (Å²) in [6, 6.07) is 11.3. The molecule has 10 heteroatoms. The van der Waals surface area contributed by atoms with Crippen molar-refractivity contribution in [2.24, 2.45) is 10.7 Å². The first-order valence-electron chi connectivity index (χ1n) is 9.65. The van der Waals surface area contributed by atoms with Crippen molar-refractivity contribution >= 4 is 34.6 Å². The number of aliphatic imine (C=N–C) groups is 1. The molecule has 0 radical (unpaired) electrons. The van der Waals surface area contributed by atoms with Crippen LogP contribution in [0.15, 0.2) is 80.2 Å². The van der Waals surface area contributed by atoms with E-state index < -0.39 is 11.8 Å². The number of benzene rings is 1. The molecule has 3 rings (SSSR count). The average Bonchev–Trinajstić information content (AvgIpc) is 3.49. The predicted molar refractivity (Wildman–Crippen MR) is 122 cm³/mol. The van der Waals surface area contributed by atoms with E-state index in [4.69, 9.17) is 14.6 Å². The summed E-state index contributed by atoms with van der Waals surface area (Å²) in [6.45, 7) is 3.55. The summed E-state index contributed by atoms with van der Waals surface area (Å²) < 4.78 is 10.3. The highest BCUT2D eigenvalue weighted by Gasteiger charge is 2.15. The minimum Gasteiger partial charge on any atom is -0.459 e. The number of anilines is 3. The zero-order chi connectivity index (χ0) is 23.1. The number of hydrogen-bond acceptors (Lipinski definition) is 8. The third kappa shape index (κ3) is 5.36. The normalized spacial score (nSPS) is 12.0. The van der Waals surface area contributed by atoms with E-state index in [1.807, 2.05) is 6.92 Å². The second-order valence-electron chi connectivity index (χ2n) is 6.74. The number of allylic oxidation sites excluding steroid dienone is 2. The van der Waals surface area contributed by atoms with Crippen LogP contribution in [0.2, 0.25) is 0 Å². The number of hydrogen-bond donors (Lipinski definition) is 5. The van der Waals surface area contributed by atoms with E-state index in [1.165, 1.54) is 12.5 Å². The third-order valence-corrected chi connectivity index (χ3v) is 4.43. The maximum Gasteiger partial charge on any atom is 0.291 e. The molecule has 0 unspecified atom stereocenters. The van der Waals surface area contributed by atoms with Crippen LogP contribution in [-0.2, 0) is 0 Å². The molecule has 0 bridgehead atoms. The number of rotatable bonds is 8. The fourth-order valence-electron chi connectivity index (χ4n) is 2.74. The number of hydrazine groups is 1. The molecule has 2 aromatic heterocycles. The molecule has 0 saturated carbocycles. The molecular formula is C22H24N6O4. The summed E-state index contributed by atoms with van der Waals surface area (Å²) in [5.41, 5.74) is 15.2. The van der Waals surface area contributed by atoms with Gasteiger partial charge >= 0.3 is 0 Å². The largest absolute Gasteiger partial charge is 0.459 e. The van der Waals surface area contributed by atoms with Crippen molar-refractivity contribution < 1.29 is 18.4 Å². The van der Waals surface area contributed by atoms with Crippen molar-refractivity contribution in [2.45, 2.75) is 13.8 Å². The number of carbonyl (C=O) groups excluding carboxylic acids is 2. The van der Waals surface area contributed by atoms with Gasteiger partial charge in [-0.3, -0.25) is 25.4 Å². The van der Waals surface area contributed by atoms with E-state index in [2.05, 4.69) is 26.5 Å². The molecule has 0 aliphatic rings. The molecule has 0 atom stereocenters. The standard InChI is InChI=1S/C22H24N6O4/c1-13(23)20(14(2)24-3)28-27-16-9-8-15(25-21(29)18-6-4-10-31-18)12-17(16)26-22(30)19-7-5-11-32-19/h4-12,27-28H,23H2,1-3H3,(H,25,29)(H,26,30). The molecule has 6 N–H and O–H groups in total. The number of nitrogens with zero attached hydrogens (tertiary/aromatic N) is 1. The lowest BCUT2D eigenvalue weighted by atomic mass is 10.2. The Morgan fingerprint density at radius 3 is 2.06 bits per heavy atom. The van der Waals surface area contributed by atoms with Crippen LogP contribution in [0.4, 0.5) is 17.1 Å². The Bertz CT molecular complexity index is 1140. The molecule has 166 valence electrons. The highest BCUT2D eigenvalue weighted by molar-refractivity contribution is 6.06. The zero-order valence-electron chi connectivity index (χ0n) is 17.9. The second-order valence-corrected chi connectivity index (χ2v) is 6.74. The van der Waals surface area contributed by atoms with E-state index in [-0.39, 0.29) is 11.5 Å². The Morgan fingerprint density at radius 1 is 0.906 bits per heavy atom. The van der Waals surface area contributed by atoms with Gasteiger partial charge in [0.1, 0.15) is 0 Å². The van der Waals surface area contributed by atoms with E-state index in [0.29, 0.717) is 34.2 Å². The van der Waals surface area contributed by atoms with Crippen LogP contribution in [0.3, 0.4) is 0 Å². The molecule has 0 aliphatic carbocycles. The molecule has 32 heavy (non-hydrogen) atoms. The zero-order valence-corrected chi connectivity index (χ0v) is 17.9. The lowest BCUT2D eigenvalue weighted by Gasteiger charge is -2.18. The number of amides is 2. The predicted octanol–water partition coefficient (Wildman–Crippen LogP) is 3.57. The summed E-state index contributed by atoms with van der Waals surface area (Å²) in [5, 5.41) is 5.50. The molecular weight excluding hydrogens is 412 g/mol. The monoisotopic (exact) mass is 436 g/mol. The summed E-state index contributed by atoms with van der Waals surface area (Å²) in [7, 11) is 1.66. The topological polar surface area (TPSA) is 147 Å². The van der Waals surface area contributed by atoms with Crippen LogP contribution < -0.4 is 27.2 Å². The smallest absolute Gasteiger partial charge is 0.291 e. The van der Waals surface area contributed by atoms with Gasteiger partial charge in [0.2, 0.25) is 0 Å². The van der Waals surface area contributed by atoms with Crippen LogP contribution in [0.25, 0.3) is 0 Å². The quantitative estimate of drug-likeness (QED) is 0.268. The average molecular weight is 436 g/mol.